The molecule has 0 bridgehead atoms. The molecule has 0 saturated heterocycles. The molecule has 0 fully saturated rings. The SMILES string of the molecule is C=C1C(c2ccccc2)N=C(c2ccc(-c3ccc(N(c4cccc(-c5ccccc5)c4)c4ccc5ccccc5c4)cc3)c3oc4ccccc4c23)NC1c1ccccc1. The Kier molecular flexibility index (Phi) is 9.09. The highest BCUT2D eigenvalue weighted by atomic mass is 16.3. The summed E-state index contributed by atoms with van der Waals surface area (Å²) in [5.74, 6) is 0.817. The molecule has 1 N–H and O–H groups in total. The number of hydrogen-bond acceptors (Lipinski definition) is 4. The molecule has 11 rings (SSSR count). The van der Waals surface area contributed by atoms with Crippen molar-refractivity contribution >= 4 is 55.6 Å². The van der Waals surface area contributed by atoms with Crippen LogP contribution in [-0.4, -0.2) is 5.84 Å². The highest BCUT2D eigenvalue weighted by Gasteiger charge is 2.31. The van der Waals surface area contributed by atoms with Gasteiger partial charge in [-0.25, -0.2) is 0 Å². The van der Waals surface area contributed by atoms with Crippen molar-refractivity contribution < 1.29 is 4.42 Å². The third-order valence-electron chi connectivity index (χ3n) is 11.9. The van der Waals surface area contributed by atoms with Crippen LogP contribution in [0.5, 0.6) is 0 Å². The summed E-state index contributed by atoms with van der Waals surface area (Å²) >= 11 is 0. The highest BCUT2D eigenvalue weighted by molar-refractivity contribution is 6.20. The zero-order valence-electron chi connectivity index (χ0n) is 33.4. The third-order valence-corrected chi connectivity index (χ3v) is 11.9. The molecule has 10 aromatic rings. The Bertz CT molecular complexity index is 3240. The van der Waals surface area contributed by atoms with Crippen LogP contribution in [0.3, 0.4) is 0 Å². The molecule has 1 aliphatic rings. The number of amidine groups is 1. The number of rotatable bonds is 8. The van der Waals surface area contributed by atoms with Crippen molar-refractivity contribution in [1.29, 1.82) is 0 Å². The van der Waals surface area contributed by atoms with Gasteiger partial charge in [-0.15, -0.1) is 0 Å². The van der Waals surface area contributed by atoms with Gasteiger partial charge in [0.25, 0.3) is 0 Å². The molecular weight excluding hydrogens is 743 g/mol. The van der Waals surface area contributed by atoms with E-state index < -0.39 is 0 Å². The van der Waals surface area contributed by atoms with Gasteiger partial charge in [-0.2, -0.15) is 0 Å². The molecule has 0 radical (unpaired) electrons. The second-order valence-electron chi connectivity index (χ2n) is 15.6. The monoisotopic (exact) mass is 783 g/mol. The highest BCUT2D eigenvalue weighted by Crippen LogP contribution is 2.44. The maximum absolute atomic E-state index is 6.82. The van der Waals surface area contributed by atoms with E-state index >= 15 is 0 Å². The number of nitrogens with one attached hydrogen (secondary N) is 1. The van der Waals surface area contributed by atoms with Gasteiger partial charge in [-0.05, 0) is 98.8 Å². The van der Waals surface area contributed by atoms with Crippen LogP contribution >= 0.6 is 0 Å². The first-order valence-electron chi connectivity index (χ1n) is 20.8. The van der Waals surface area contributed by atoms with E-state index in [0.29, 0.717) is 0 Å². The van der Waals surface area contributed by atoms with Crippen molar-refractivity contribution in [3.8, 4) is 22.3 Å². The van der Waals surface area contributed by atoms with Crippen molar-refractivity contribution in [2.45, 2.75) is 12.1 Å². The van der Waals surface area contributed by atoms with Crippen molar-refractivity contribution in [3.63, 3.8) is 0 Å². The van der Waals surface area contributed by atoms with E-state index in [-0.39, 0.29) is 12.1 Å². The Morgan fingerprint density at radius 2 is 1.10 bits per heavy atom. The van der Waals surface area contributed by atoms with E-state index in [4.69, 9.17) is 9.41 Å². The van der Waals surface area contributed by atoms with Gasteiger partial charge in [-0.3, -0.25) is 4.99 Å². The summed E-state index contributed by atoms with van der Waals surface area (Å²) in [6.07, 6.45) is 0. The molecule has 1 aliphatic heterocycles. The Labute approximate surface area is 355 Å². The van der Waals surface area contributed by atoms with Crippen LogP contribution in [0, 0.1) is 0 Å². The first-order valence-corrected chi connectivity index (χ1v) is 20.8. The van der Waals surface area contributed by atoms with E-state index in [9.17, 15) is 0 Å². The molecule has 2 heterocycles. The molecule has 9 aromatic carbocycles. The number of anilines is 3. The van der Waals surface area contributed by atoms with E-state index in [0.717, 1.165) is 78.2 Å². The summed E-state index contributed by atoms with van der Waals surface area (Å²) in [6.45, 7) is 4.61. The van der Waals surface area contributed by atoms with Gasteiger partial charge in [0.15, 0.2) is 0 Å². The molecule has 2 atom stereocenters. The first kappa shape index (κ1) is 36.2. The summed E-state index contributed by atoms with van der Waals surface area (Å²) in [7, 11) is 0. The fourth-order valence-corrected chi connectivity index (χ4v) is 8.91. The van der Waals surface area contributed by atoms with Crippen molar-refractivity contribution in [1.82, 2.24) is 5.32 Å². The average Bonchev–Trinajstić information content (AvgIpc) is 3.73. The normalized spacial score (nSPS) is 15.1. The van der Waals surface area contributed by atoms with Crippen LogP contribution in [0.1, 0.15) is 28.8 Å². The smallest absolute Gasteiger partial charge is 0.143 e. The number of benzene rings is 9. The third kappa shape index (κ3) is 6.65. The summed E-state index contributed by atoms with van der Waals surface area (Å²) < 4.78 is 6.82. The van der Waals surface area contributed by atoms with E-state index in [1.165, 1.54) is 21.9 Å². The molecule has 0 spiro atoms. The van der Waals surface area contributed by atoms with Gasteiger partial charge in [0.05, 0.1) is 6.04 Å². The molecule has 290 valence electrons. The lowest BCUT2D eigenvalue weighted by Crippen LogP contribution is -2.36. The number of furan rings is 1. The minimum Gasteiger partial charge on any atom is -0.455 e. The number of aliphatic imine (C=N–C) groups is 1. The topological polar surface area (TPSA) is 40.8 Å². The maximum Gasteiger partial charge on any atom is 0.143 e. The molecular formula is C57H41N3O. The summed E-state index contributed by atoms with van der Waals surface area (Å²) in [6, 6.07) is 76.8. The summed E-state index contributed by atoms with van der Waals surface area (Å²) in [5.41, 5.74) is 13.6. The van der Waals surface area contributed by atoms with E-state index in [1.54, 1.807) is 0 Å². The van der Waals surface area contributed by atoms with Gasteiger partial charge < -0.3 is 14.6 Å². The maximum atomic E-state index is 6.82. The van der Waals surface area contributed by atoms with Crippen molar-refractivity contribution in [2.24, 2.45) is 4.99 Å². The molecule has 1 aromatic heterocycles. The number of hydrogen-bond donors (Lipinski definition) is 1. The number of para-hydroxylation sites is 1. The number of nitrogens with zero attached hydrogens (tertiary/aromatic N) is 2. The molecule has 4 nitrogen and oxygen atoms in total. The quantitative estimate of drug-likeness (QED) is 0.156. The fourth-order valence-electron chi connectivity index (χ4n) is 8.91. The lowest BCUT2D eigenvalue weighted by molar-refractivity contribution is 0.629. The summed E-state index contributed by atoms with van der Waals surface area (Å²) in [4.78, 5) is 7.75. The van der Waals surface area contributed by atoms with Gasteiger partial charge in [0.1, 0.15) is 23.0 Å². The molecule has 2 unspecified atom stereocenters. The van der Waals surface area contributed by atoms with E-state index in [1.807, 2.05) is 12.1 Å². The molecule has 0 saturated carbocycles. The lowest BCUT2D eigenvalue weighted by atomic mass is 9.88. The van der Waals surface area contributed by atoms with Crippen LogP contribution < -0.4 is 10.2 Å². The van der Waals surface area contributed by atoms with Crippen LogP contribution in [-0.2, 0) is 0 Å². The summed E-state index contributed by atoms with van der Waals surface area (Å²) in [5, 5.41) is 8.31. The second-order valence-corrected chi connectivity index (χ2v) is 15.6. The van der Waals surface area contributed by atoms with Gasteiger partial charge in [-0.1, -0.05) is 170 Å². The molecule has 0 amide bonds. The number of fused-ring (bicyclic) bond motifs is 4. The standard InChI is InChI=1S/C57H41N3O/c1-38-54(42-19-7-3-8-20-42)58-57(59-55(38)43-21-9-4-10-22-43)51-35-34-49(56-53(51)50-26-13-14-27-52(50)61-56)41-29-31-46(32-30-41)60(48-33-28-40-18-11-12-23-44(40)37-48)47-25-15-24-45(36-47)39-16-5-2-6-17-39/h2-37,54-55H,1H2,(H,58,59). The second kappa shape index (κ2) is 15.3. The fraction of sp³-hybridized carbons (Fsp3) is 0.0351. The zero-order valence-corrected chi connectivity index (χ0v) is 33.4. The molecule has 4 heteroatoms. The van der Waals surface area contributed by atoms with E-state index in [2.05, 4.69) is 223 Å². The predicted molar refractivity (Wildman–Crippen MR) is 254 cm³/mol. The predicted octanol–water partition coefficient (Wildman–Crippen LogP) is 14.9. The lowest BCUT2D eigenvalue weighted by Gasteiger charge is -2.33. The van der Waals surface area contributed by atoms with Crippen LogP contribution in [0.15, 0.2) is 240 Å². The van der Waals surface area contributed by atoms with Crippen molar-refractivity contribution in [3.05, 3.63) is 247 Å². The zero-order chi connectivity index (χ0) is 40.7. The average molecular weight is 784 g/mol. The van der Waals surface area contributed by atoms with Gasteiger partial charge >= 0.3 is 0 Å². The van der Waals surface area contributed by atoms with Crippen LogP contribution in [0.25, 0.3) is 55.0 Å². The molecule has 61 heavy (non-hydrogen) atoms. The molecule has 0 aliphatic carbocycles. The van der Waals surface area contributed by atoms with Crippen LogP contribution in [0.2, 0.25) is 0 Å². The van der Waals surface area contributed by atoms with Crippen LogP contribution in [0.4, 0.5) is 17.1 Å². The minimum atomic E-state index is -0.220. The van der Waals surface area contributed by atoms with Crippen molar-refractivity contribution in [2.75, 3.05) is 4.90 Å². The van der Waals surface area contributed by atoms with Gasteiger partial charge in [0.2, 0.25) is 0 Å². The minimum absolute atomic E-state index is 0.127. The Balaban J connectivity index is 1.03. The Hall–Kier alpha value is -7.95. The first-order chi connectivity index (χ1) is 30.2. The Morgan fingerprint density at radius 3 is 1.89 bits per heavy atom. The van der Waals surface area contributed by atoms with Gasteiger partial charge in [0, 0.05) is 39.0 Å². The Morgan fingerprint density at radius 1 is 0.475 bits per heavy atom. The largest absolute Gasteiger partial charge is 0.455 e.